The Morgan fingerprint density at radius 2 is 1.94 bits per heavy atom. The lowest BCUT2D eigenvalue weighted by Crippen LogP contribution is -1.87. The van der Waals surface area contributed by atoms with Crippen molar-refractivity contribution < 1.29 is 8.42 Å². The maximum atomic E-state index is 11.0. The minimum Gasteiger partial charge on any atom is -0.227 e. The summed E-state index contributed by atoms with van der Waals surface area (Å²) in [5.41, 5.74) is 2.95. The Kier molecular flexibility index (Phi) is 3.64. The van der Waals surface area contributed by atoms with Crippen molar-refractivity contribution in [1.29, 1.82) is 0 Å². The van der Waals surface area contributed by atoms with Crippen molar-refractivity contribution in [2.24, 2.45) is 0 Å². The van der Waals surface area contributed by atoms with E-state index in [-0.39, 0.29) is 0 Å². The van der Waals surface area contributed by atoms with Gasteiger partial charge in [-0.3, -0.25) is 0 Å². The first kappa shape index (κ1) is 12.3. The van der Waals surface area contributed by atoms with Crippen molar-refractivity contribution in [3.63, 3.8) is 0 Å². The molecule has 2 aromatic carbocycles. The highest BCUT2D eigenvalue weighted by Gasteiger charge is 2.05. The highest BCUT2D eigenvalue weighted by atomic mass is 79.9. The molecule has 0 aliphatic carbocycles. The van der Waals surface area contributed by atoms with Crippen LogP contribution < -0.4 is 0 Å². The molecular formula is C13H10BrO2S. The zero-order valence-electron chi connectivity index (χ0n) is 9.11. The standard InChI is InChI=1S/C13H10BrO2S/c1-9-5-6-12(17(15)16)8-13(9)10-3-2-4-11(14)7-10/h2-3,5-8,17H,1H3. The maximum Gasteiger partial charge on any atom is 0.168 e. The van der Waals surface area contributed by atoms with Crippen LogP contribution >= 0.6 is 15.9 Å². The average Bonchev–Trinajstić information content (AvgIpc) is 2.29. The molecule has 0 fully saturated rings. The van der Waals surface area contributed by atoms with Crippen molar-refractivity contribution in [3.8, 4) is 11.1 Å². The van der Waals surface area contributed by atoms with Gasteiger partial charge in [-0.1, -0.05) is 34.1 Å². The highest BCUT2D eigenvalue weighted by molar-refractivity contribution is 9.10. The number of aryl methyl sites for hydroxylation is 1. The first-order chi connectivity index (χ1) is 8.08. The third kappa shape index (κ3) is 2.76. The van der Waals surface area contributed by atoms with Gasteiger partial charge in [0.05, 0.1) is 4.90 Å². The Hall–Kier alpha value is -1.13. The topological polar surface area (TPSA) is 34.1 Å². The molecule has 0 spiro atoms. The minimum absolute atomic E-state index is 0.338. The van der Waals surface area contributed by atoms with E-state index in [0.717, 1.165) is 21.2 Å². The molecule has 1 radical (unpaired) electrons. The molecule has 0 saturated heterocycles. The first-order valence-corrected chi connectivity index (χ1v) is 6.97. The summed E-state index contributed by atoms with van der Waals surface area (Å²) < 4.78 is 22.8. The van der Waals surface area contributed by atoms with Gasteiger partial charge in [0.15, 0.2) is 10.7 Å². The van der Waals surface area contributed by atoms with Gasteiger partial charge in [-0.25, -0.2) is 8.42 Å². The largest absolute Gasteiger partial charge is 0.227 e. The fraction of sp³-hybridized carbons (Fsp3) is 0.0769. The zero-order valence-corrected chi connectivity index (χ0v) is 11.6. The highest BCUT2D eigenvalue weighted by Crippen LogP contribution is 2.27. The van der Waals surface area contributed by atoms with Crippen LogP contribution in [-0.2, 0) is 10.7 Å². The minimum atomic E-state index is -2.54. The van der Waals surface area contributed by atoms with Crippen molar-refractivity contribution in [2.75, 3.05) is 0 Å². The van der Waals surface area contributed by atoms with Crippen molar-refractivity contribution >= 4 is 26.6 Å². The fourth-order valence-corrected chi connectivity index (χ4v) is 2.45. The Bertz CT molecular complexity index is 625. The van der Waals surface area contributed by atoms with E-state index < -0.39 is 10.7 Å². The van der Waals surface area contributed by atoms with Gasteiger partial charge in [0, 0.05) is 4.47 Å². The van der Waals surface area contributed by atoms with E-state index in [1.807, 2.05) is 31.2 Å². The fourth-order valence-electron chi connectivity index (χ4n) is 1.64. The monoisotopic (exact) mass is 309 g/mol. The van der Waals surface area contributed by atoms with Gasteiger partial charge in [0.25, 0.3) is 0 Å². The quantitative estimate of drug-likeness (QED) is 0.864. The lowest BCUT2D eigenvalue weighted by atomic mass is 10.0. The molecule has 2 rings (SSSR count). The second-order valence-corrected chi connectivity index (χ2v) is 5.57. The van der Waals surface area contributed by atoms with Gasteiger partial charge in [0.2, 0.25) is 0 Å². The third-order valence-electron chi connectivity index (χ3n) is 2.51. The van der Waals surface area contributed by atoms with E-state index in [0.29, 0.717) is 4.90 Å². The van der Waals surface area contributed by atoms with E-state index in [1.54, 1.807) is 12.1 Å². The number of hydrogen-bond acceptors (Lipinski definition) is 2. The molecule has 0 aliphatic heterocycles. The van der Waals surface area contributed by atoms with Crippen LogP contribution in [0, 0.1) is 13.0 Å². The van der Waals surface area contributed by atoms with E-state index in [2.05, 4.69) is 22.0 Å². The second kappa shape index (κ2) is 5.02. The lowest BCUT2D eigenvalue weighted by molar-refractivity contribution is 0.614. The zero-order chi connectivity index (χ0) is 12.4. The Morgan fingerprint density at radius 3 is 2.59 bits per heavy atom. The molecular weight excluding hydrogens is 300 g/mol. The van der Waals surface area contributed by atoms with Gasteiger partial charge in [-0.05, 0) is 47.9 Å². The normalized spacial score (nSPS) is 10.8. The molecule has 4 heteroatoms. The molecule has 87 valence electrons. The number of benzene rings is 2. The second-order valence-electron chi connectivity index (χ2n) is 3.68. The molecule has 2 aromatic rings. The van der Waals surface area contributed by atoms with Crippen molar-refractivity contribution in [2.45, 2.75) is 11.8 Å². The van der Waals surface area contributed by atoms with E-state index >= 15 is 0 Å². The number of rotatable bonds is 2. The predicted molar refractivity (Wildman–Crippen MR) is 71.7 cm³/mol. The molecule has 0 saturated carbocycles. The summed E-state index contributed by atoms with van der Waals surface area (Å²) in [6, 6.07) is 13.8. The summed E-state index contributed by atoms with van der Waals surface area (Å²) in [7, 11) is -2.54. The van der Waals surface area contributed by atoms with Gasteiger partial charge in [-0.2, -0.15) is 0 Å². The molecule has 0 amide bonds. The Balaban J connectivity index is 2.62. The summed E-state index contributed by atoms with van der Waals surface area (Å²) >= 11 is 3.36. The van der Waals surface area contributed by atoms with Crippen LogP contribution in [0.15, 0.2) is 45.8 Å². The molecule has 0 aromatic heterocycles. The van der Waals surface area contributed by atoms with Crippen LogP contribution in [0.5, 0.6) is 0 Å². The molecule has 0 atom stereocenters. The molecule has 0 unspecified atom stereocenters. The molecule has 2 nitrogen and oxygen atoms in total. The SMILES string of the molecule is Cc1ccc([SH](=O)=O)cc1-c1cc[c]c(Br)c1. The molecule has 0 aliphatic rings. The predicted octanol–water partition coefficient (Wildman–Crippen LogP) is 3.20. The van der Waals surface area contributed by atoms with Crippen LogP contribution in [0.4, 0.5) is 0 Å². The number of thiol groups is 1. The van der Waals surface area contributed by atoms with Crippen LogP contribution in [0.2, 0.25) is 0 Å². The van der Waals surface area contributed by atoms with Gasteiger partial charge < -0.3 is 0 Å². The Morgan fingerprint density at radius 1 is 1.18 bits per heavy atom. The number of halogens is 1. The van der Waals surface area contributed by atoms with Crippen LogP contribution in [-0.4, -0.2) is 8.42 Å². The maximum absolute atomic E-state index is 11.0. The van der Waals surface area contributed by atoms with Crippen LogP contribution in [0.1, 0.15) is 5.56 Å². The van der Waals surface area contributed by atoms with E-state index in [1.165, 1.54) is 0 Å². The summed E-state index contributed by atoms with van der Waals surface area (Å²) in [6.07, 6.45) is 0. The van der Waals surface area contributed by atoms with E-state index in [4.69, 9.17) is 0 Å². The summed E-state index contributed by atoms with van der Waals surface area (Å²) in [4.78, 5) is 0.338. The summed E-state index contributed by atoms with van der Waals surface area (Å²) in [6.45, 7) is 1.96. The lowest BCUT2D eigenvalue weighted by Gasteiger charge is -2.07. The van der Waals surface area contributed by atoms with Gasteiger partial charge in [0.1, 0.15) is 0 Å². The van der Waals surface area contributed by atoms with Crippen molar-refractivity contribution in [1.82, 2.24) is 0 Å². The van der Waals surface area contributed by atoms with E-state index in [9.17, 15) is 8.42 Å². The summed E-state index contributed by atoms with van der Waals surface area (Å²) in [5, 5.41) is 0. The summed E-state index contributed by atoms with van der Waals surface area (Å²) in [5.74, 6) is 0. The first-order valence-electron chi connectivity index (χ1n) is 5.00. The van der Waals surface area contributed by atoms with Crippen LogP contribution in [0.3, 0.4) is 0 Å². The van der Waals surface area contributed by atoms with Gasteiger partial charge >= 0.3 is 0 Å². The molecule has 17 heavy (non-hydrogen) atoms. The molecule has 0 bridgehead atoms. The molecule has 0 N–H and O–H groups in total. The Labute approximate surface area is 110 Å². The van der Waals surface area contributed by atoms with Crippen molar-refractivity contribution in [3.05, 3.63) is 52.5 Å². The van der Waals surface area contributed by atoms with Crippen LogP contribution in [0.25, 0.3) is 11.1 Å². The third-order valence-corrected chi connectivity index (χ3v) is 3.67. The average molecular weight is 310 g/mol. The molecule has 0 heterocycles. The van der Waals surface area contributed by atoms with Gasteiger partial charge in [-0.15, -0.1) is 0 Å². The number of hydrogen-bond donors (Lipinski definition) is 1. The smallest absolute Gasteiger partial charge is 0.168 e.